The highest BCUT2D eigenvalue weighted by molar-refractivity contribution is 5.56. The van der Waals surface area contributed by atoms with Crippen LogP contribution in [0.2, 0.25) is 0 Å². The van der Waals surface area contributed by atoms with Crippen LogP contribution < -0.4 is 11.1 Å². The first-order chi connectivity index (χ1) is 8.68. The molecule has 0 fully saturated rings. The number of anilines is 2. The van der Waals surface area contributed by atoms with Crippen molar-refractivity contribution in [1.82, 2.24) is 19.9 Å². The van der Waals surface area contributed by atoms with E-state index < -0.39 is 0 Å². The third-order valence-electron chi connectivity index (χ3n) is 2.57. The molecule has 0 saturated heterocycles. The molecule has 0 bridgehead atoms. The van der Waals surface area contributed by atoms with Gasteiger partial charge in [0, 0.05) is 11.8 Å². The first-order valence-electron chi connectivity index (χ1n) is 5.77. The molecule has 2 aromatic heterocycles. The minimum atomic E-state index is 0.263. The largest absolute Gasteiger partial charge is 0.383 e. The number of nitrogen functional groups attached to an aromatic ring is 1. The standard InChI is InChI=1S/C12H16N6/c1-8(2)10-11(13)17-7-18-12(10)15-5-9-3-4-14-6-16-9/h3-4,6-8H,5H2,1-2H3,(H3,13,15,17,18). The number of nitrogens with one attached hydrogen (secondary N) is 1. The van der Waals surface area contributed by atoms with Gasteiger partial charge in [0.05, 0.1) is 12.2 Å². The van der Waals surface area contributed by atoms with E-state index in [-0.39, 0.29) is 5.92 Å². The molecule has 0 aliphatic carbocycles. The third-order valence-corrected chi connectivity index (χ3v) is 2.57. The first-order valence-corrected chi connectivity index (χ1v) is 5.77. The fraction of sp³-hybridized carbons (Fsp3) is 0.333. The van der Waals surface area contributed by atoms with Crippen LogP contribution >= 0.6 is 0 Å². The highest BCUT2D eigenvalue weighted by Crippen LogP contribution is 2.26. The Bertz CT molecular complexity index is 511. The summed E-state index contributed by atoms with van der Waals surface area (Å²) >= 11 is 0. The van der Waals surface area contributed by atoms with Crippen molar-refractivity contribution < 1.29 is 0 Å². The van der Waals surface area contributed by atoms with Gasteiger partial charge in [0.2, 0.25) is 0 Å². The van der Waals surface area contributed by atoms with Gasteiger partial charge < -0.3 is 11.1 Å². The molecule has 2 heterocycles. The predicted octanol–water partition coefficient (Wildman–Crippen LogP) is 1.58. The molecule has 94 valence electrons. The van der Waals surface area contributed by atoms with E-state index in [2.05, 4.69) is 39.1 Å². The van der Waals surface area contributed by atoms with Crippen LogP contribution in [-0.2, 0) is 6.54 Å². The summed E-state index contributed by atoms with van der Waals surface area (Å²) in [4.78, 5) is 16.3. The summed E-state index contributed by atoms with van der Waals surface area (Å²) in [5, 5.41) is 3.23. The van der Waals surface area contributed by atoms with Crippen LogP contribution in [0, 0.1) is 0 Å². The lowest BCUT2D eigenvalue weighted by molar-refractivity contribution is 0.847. The maximum Gasteiger partial charge on any atom is 0.135 e. The van der Waals surface area contributed by atoms with Crippen LogP contribution in [0.25, 0.3) is 0 Å². The van der Waals surface area contributed by atoms with Gasteiger partial charge in [0.25, 0.3) is 0 Å². The zero-order chi connectivity index (χ0) is 13.0. The van der Waals surface area contributed by atoms with Crippen LogP contribution in [0.1, 0.15) is 31.0 Å². The third kappa shape index (κ3) is 2.71. The second-order valence-corrected chi connectivity index (χ2v) is 4.23. The molecule has 2 aromatic rings. The summed E-state index contributed by atoms with van der Waals surface area (Å²) in [5.41, 5.74) is 7.71. The van der Waals surface area contributed by atoms with Gasteiger partial charge in [0.1, 0.15) is 24.3 Å². The molecule has 0 aliphatic rings. The average molecular weight is 244 g/mol. The van der Waals surface area contributed by atoms with E-state index in [0.717, 1.165) is 17.1 Å². The highest BCUT2D eigenvalue weighted by Gasteiger charge is 2.12. The van der Waals surface area contributed by atoms with Crippen LogP contribution in [0.15, 0.2) is 24.9 Å². The normalized spacial score (nSPS) is 10.6. The molecule has 3 N–H and O–H groups in total. The second kappa shape index (κ2) is 5.39. The Morgan fingerprint density at radius 1 is 1.22 bits per heavy atom. The topological polar surface area (TPSA) is 89.6 Å². The summed E-state index contributed by atoms with van der Waals surface area (Å²) in [5.74, 6) is 1.54. The smallest absolute Gasteiger partial charge is 0.135 e. The van der Waals surface area contributed by atoms with Gasteiger partial charge in [-0.2, -0.15) is 0 Å². The molecule has 0 radical (unpaired) electrons. The Labute approximate surface area is 106 Å². The maximum atomic E-state index is 5.87. The number of nitrogens with two attached hydrogens (primary N) is 1. The molecule has 0 amide bonds. The Morgan fingerprint density at radius 3 is 2.72 bits per heavy atom. The van der Waals surface area contributed by atoms with Crippen molar-refractivity contribution in [3.63, 3.8) is 0 Å². The molecule has 0 spiro atoms. The van der Waals surface area contributed by atoms with Crippen molar-refractivity contribution in [2.75, 3.05) is 11.1 Å². The number of hydrogen-bond acceptors (Lipinski definition) is 6. The number of aromatic nitrogens is 4. The zero-order valence-electron chi connectivity index (χ0n) is 10.5. The van der Waals surface area contributed by atoms with Gasteiger partial charge in [-0.3, -0.25) is 0 Å². The van der Waals surface area contributed by atoms with Gasteiger partial charge in [-0.25, -0.2) is 19.9 Å². The Balaban J connectivity index is 2.17. The van der Waals surface area contributed by atoms with Gasteiger partial charge in [-0.15, -0.1) is 0 Å². The number of rotatable bonds is 4. The number of nitrogens with zero attached hydrogens (tertiary/aromatic N) is 4. The summed E-state index contributed by atoms with van der Waals surface area (Å²) in [7, 11) is 0. The zero-order valence-corrected chi connectivity index (χ0v) is 10.5. The highest BCUT2D eigenvalue weighted by atomic mass is 15.0. The van der Waals surface area contributed by atoms with Crippen LogP contribution in [0.3, 0.4) is 0 Å². The fourth-order valence-electron chi connectivity index (χ4n) is 1.72. The van der Waals surface area contributed by atoms with E-state index in [1.807, 2.05) is 6.07 Å². The predicted molar refractivity (Wildman–Crippen MR) is 69.9 cm³/mol. The average Bonchev–Trinajstić information content (AvgIpc) is 2.37. The van der Waals surface area contributed by atoms with Crippen molar-refractivity contribution in [3.8, 4) is 0 Å². The molecule has 0 saturated carbocycles. The molecule has 0 unspecified atom stereocenters. The molecule has 6 heteroatoms. The quantitative estimate of drug-likeness (QED) is 0.848. The molecule has 0 aliphatic heterocycles. The monoisotopic (exact) mass is 244 g/mol. The van der Waals surface area contributed by atoms with E-state index in [1.54, 1.807) is 6.20 Å². The summed E-state index contributed by atoms with van der Waals surface area (Å²) in [6, 6.07) is 1.85. The SMILES string of the molecule is CC(C)c1c(N)ncnc1NCc1ccncn1. The molecule has 0 aromatic carbocycles. The Morgan fingerprint density at radius 2 is 2.06 bits per heavy atom. The molecular formula is C12H16N6. The summed E-state index contributed by atoms with van der Waals surface area (Å²) in [6.07, 6.45) is 4.69. The van der Waals surface area contributed by atoms with E-state index in [0.29, 0.717) is 12.4 Å². The summed E-state index contributed by atoms with van der Waals surface area (Å²) in [6.45, 7) is 4.70. The van der Waals surface area contributed by atoms with E-state index in [9.17, 15) is 0 Å². The van der Waals surface area contributed by atoms with Crippen molar-refractivity contribution >= 4 is 11.6 Å². The Kier molecular flexibility index (Phi) is 3.66. The van der Waals surface area contributed by atoms with Crippen LogP contribution in [0.5, 0.6) is 0 Å². The number of hydrogen-bond donors (Lipinski definition) is 2. The van der Waals surface area contributed by atoms with Crippen LogP contribution in [0.4, 0.5) is 11.6 Å². The van der Waals surface area contributed by atoms with Crippen molar-refractivity contribution in [3.05, 3.63) is 36.2 Å². The minimum absolute atomic E-state index is 0.263. The summed E-state index contributed by atoms with van der Waals surface area (Å²) < 4.78 is 0. The van der Waals surface area contributed by atoms with Crippen molar-refractivity contribution in [1.29, 1.82) is 0 Å². The maximum absolute atomic E-state index is 5.87. The first kappa shape index (κ1) is 12.2. The van der Waals surface area contributed by atoms with E-state index in [1.165, 1.54) is 12.7 Å². The fourth-order valence-corrected chi connectivity index (χ4v) is 1.72. The Hall–Kier alpha value is -2.24. The lowest BCUT2D eigenvalue weighted by Gasteiger charge is -2.14. The molecule has 2 rings (SSSR count). The lowest BCUT2D eigenvalue weighted by Crippen LogP contribution is -2.10. The minimum Gasteiger partial charge on any atom is -0.383 e. The van der Waals surface area contributed by atoms with Crippen LogP contribution in [-0.4, -0.2) is 19.9 Å². The molecular weight excluding hydrogens is 228 g/mol. The second-order valence-electron chi connectivity index (χ2n) is 4.23. The van der Waals surface area contributed by atoms with E-state index in [4.69, 9.17) is 5.73 Å². The van der Waals surface area contributed by atoms with Crippen molar-refractivity contribution in [2.45, 2.75) is 26.3 Å². The van der Waals surface area contributed by atoms with Crippen molar-refractivity contribution in [2.24, 2.45) is 0 Å². The molecule has 18 heavy (non-hydrogen) atoms. The molecule has 0 atom stereocenters. The van der Waals surface area contributed by atoms with Gasteiger partial charge >= 0.3 is 0 Å². The lowest BCUT2D eigenvalue weighted by atomic mass is 10.0. The van der Waals surface area contributed by atoms with Gasteiger partial charge in [-0.1, -0.05) is 13.8 Å². The van der Waals surface area contributed by atoms with Gasteiger partial charge in [-0.05, 0) is 12.0 Å². The molecule has 6 nitrogen and oxygen atoms in total. The van der Waals surface area contributed by atoms with E-state index >= 15 is 0 Å². The van der Waals surface area contributed by atoms with Gasteiger partial charge in [0.15, 0.2) is 0 Å².